The molecule has 29 heavy (non-hydrogen) atoms. The van der Waals surface area contributed by atoms with Crippen LogP contribution in [0.5, 0.6) is 23.0 Å². The Balaban J connectivity index is 0.000000296. The Bertz CT molecular complexity index is 861. The van der Waals surface area contributed by atoms with Gasteiger partial charge in [-0.05, 0) is 28.1 Å². The molecular weight excluding hydrogens is 547 g/mol. The Morgan fingerprint density at radius 2 is 1.07 bits per heavy atom. The van der Waals surface area contributed by atoms with Crippen molar-refractivity contribution in [2.24, 2.45) is 0 Å². The van der Waals surface area contributed by atoms with Gasteiger partial charge in [0.1, 0.15) is 0 Å². The minimum absolute atomic E-state index is 0.539. The van der Waals surface area contributed by atoms with E-state index < -0.39 is 18.4 Å². The molecule has 2 rings (SSSR count). The summed E-state index contributed by atoms with van der Waals surface area (Å²) in [6.45, 7) is 0. The molecule has 0 bridgehead atoms. The summed E-state index contributed by atoms with van der Waals surface area (Å²) in [6, 6.07) is 7.04. The quantitative estimate of drug-likeness (QED) is 0.363. The van der Waals surface area contributed by atoms with E-state index in [1.165, 1.54) is 10.7 Å². The van der Waals surface area contributed by atoms with Gasteiger partial charge in [-0.1, -0.05) is 0 Å². The SMILES string of the molecule is COc1cc(Br)c(C=O)cc1OC.COc1cc(C=O)[c]([Sn]([CH3])([CH3])[CH3])cc1OC. The first-order valence-corrected chi connectivity index (χ1v) is 19.5. The predicted molar refractivity (Wildman–Crippen MR) is 121 cm³/mol. The zero-order valence-corrected chi connectivity index (χ0v) is 22.2. The van der Waals surface area contributed by atoms with Gasteiger partial charge < -0.3 is 9.47 Å². The predicted octanol–water partition coefficient (Wildman–Crippen LogP) is 4.34. The fourth-order valence-corrected chi connectivity index (χ4v) is 7.47. The first-order valence-electron chi connectivity index (χ1n) is 8.75. The van der Waals surface area contributed by atoms with Crippen LogP contribution in [-0.4, -0.2) is 59.4 Å². The molecule has 0 aliphatic heterocycles. The molecule has 0 aromatic heterocycles. The van der Waals surface area contributed by atoms with Crippen molar-refractivity contribution in [1.82, 2.24) is 0 Å². The van der Waals surface area contributed by atoms with Gasteiger partial charge in [0, 0.05) is 10.0 Å². The summed E-state index contributed by atoms with van der Waals surface area (Å²) in [7, 11) is 6.26. The normalized spacial score (nSPS) is 10.3. The van der Waals surface area contributed by atoms with Crippen LogP contribution in [0.4, 0.5) is 0 Å². The number of aldehydes is 2. The van der Waals surface area contributed by atoms with Crippen LogP contribution >= 0.6 is 15.9 Å². The van der Waals surface area contributed by atoms with Gasteiger partial charge in [-0.3, -0.25) is 4.79 Å². The van der Waals surface area contributed by atoms with Crippen LogP contribution in [0.25, 0.3) is 0 Å². The van der Waals surface area contributed by atoms with Gasteiger partial charge in [-0.25, -0.2) is 0 Å². The Kier molecular flexibility index (Phi) is 9.98. The minimum atomic E-state index is -2.29. The van der Waals surface area contributed by atoms with E-state index in [1.807, 2.05) is 6.07 Å². The van der Waals surface area contributed by atoms with Gasteiger partial charge in [0.25, 0.3) is 0 Å². The molecule has 0 saturated carbocycles. The van der Waals surface area contributed by atoms with Crippen molar-refractivity contribution in [1.29, 1.82) is 0 Å². The Hall–Kier alpha value is -1.74. The molecule has 2 aromatic rings. The van der Waals surface area contributed by atoms with Crippen molar-refractivity contribution in [3.63, 3.8) is 0 Å². The molecule has 0 spiro atoms. The number of carbonyl (C=O) groups is 2. The number of hydrogen-bond donors (Lipinski definition) is 0. The average molecular weight is 574 g/mol. The summed E-state index contributed by atoms with van der Waals surface area (Å²) in [6.07, 6.45) is 1.66. The molecule has 0 N–H and O–H groups in total. The van der Waals surface area contributed by atoms with Crippen molar-refractivity contribution < 1.29 is 28.5 Å². The molecule has 0 aliphatic rings. The van der Waals surface area contributed by atoms with Crippen LogP contribution in [0.15, 0.2) is 28.7 Å². The van der Waals surface area contributed by atoms with Crippen LogP contribution in [0.1, 0.15) is 20.7 Å². The first kappa shape index (κ1) is 25.3. The zero-order valence-electron chi connectivity index (χ0n) is 17.8. The molecule has 0 saturated heterocycles. The summed E-state index contributed by atoms with van der Waals surface area (Å²) in [5.41, 5.74) is 1.28. The van der Waals surface area contributed by atoms with Crippen molar-refractivity contribution in [2.45, 2.75) is 14.8 Å². The number of benzene rings is 2. The molecule has 2 aromatic carbocycles. The second kappa shape index (κ2) is 11.4. The Labute approximate surface area is 184 Å². The van der Waals surface area contributed by atoms with Crippen LogP contribution in [0.3, 0.4) is 0 Å². The molecule has 0 fully saturated rings. The number of methoxy groups -OCH3 is 4. The van der Waals surface area contributed by atoms with Crippen molar-refractivity contribution in [3.8, 4) is 23.0 Å². The number of rotatable bonds is 7. The molecule has 0 unspecified atom stereocenters. The standard InChI is InChI=1S/C9H9BrO3.C9H9O3.3CH3.Sn/c1-12-8-3-6(5-11)7(10)4-9(8)13-2;1-11-8-4-3-7(6-10)5-9(8)12-2;;;;/h3-5H,1-2H3;4-6H,1-2H3;3*1H3;. The molecule has 0 radical (unpaired) electrons. The third-order valence-electron chi connectivity index (χ3n) is 4.12. The molecule has 158 valence electrons. The van der Waals surface area contributed by atoms with E-state index in [2.05, 4.69) is 30.7 Å². The number of carbonyl (C=O) groups excluding carboxylic acids is 2. The summed E-state index contributed by atoms with van der Waals surface area (Å²) < 4.78 is 22.4. The van der Waals surface area contributed by atoms with Gasteiger partial charge in [-0.15, -0.1) is 0 Å². The summed E-state index contributed by atoms with van der Waals surface area (Å²) in [4.78, 5) is 28.4. The van der Waals surface area contributed by atoms with E-state index >= 15 is 0 Å². The number of halogens is 1. The maximum absolute atomic E-state index is 11.1. The van der Waals surface area contributed by atoms with Crippen LogP contribution < -0.4 is 22.5 Å². The average Bonchev–Trinajstić information content (AvgIpc) is 2.71. The van der Waals surface area contributed by atoms with E-state index in [-0.39, 0.29) is 0 Å². The van der Waals surface area contributed by atoms with Gasteiger partial charge >= 0.3 is 101 Å². The van der Waals surface area contributed by atoms with Gasteiger partial charge in [0.2, 0.25) is 0 Å². The topological polar surface area (TPSA) is 71.1 Å². The monoisotopic (exact) mass is 574 g/mol. The Morgan fingerprint density at radius 1 is 0.690 bits per heavy atom. The third-order valence-corrected chi connectivity index (χ3v) is 10.7. The fraction of sp³-hybridized carbons (Fsp3) is 0.333. The van der Waals surface area contributed by atoms with Crippen LogP contribution in [0, 0.1) is 0 Å². The number of hydrogen-bond acceptors (Lipinski definition) is 6. The first-order chi connectivity index (χ1) is 13.7. The molecule has 0 amide bonds. The summed E-state index contributed by atoms with van der Waals surface area (Å²) >= 11 is 0.954. The van der Waals surface area contributed by atoms with Crippen LogP contribution in [0.2, 0.25) is 14.8 Å². The second-order valence-corrected chi connectivity index (χ2v) is 22.2. The van der Waals surface area contributed by atoms with E-state index in [0.717, 1.165) is 18.1 Å². The third kappa shape index (κ3) is 6.64. The fourth-order valence-electron chi connectivity index (χ4n) is 2.60. The van der Waals surface area contributed by atoms with Gasteiger partial charge in [0.15, 0.2) is 17.8 Å². The van der Waals surface area contributed by atoms with E-state index in [9.17, 15) is 9.59 Å². The number of ether oxygens (including phenoxy) is 4. The van der Waals surface area contributed by atoms with Crippen LogP contribution in [-0.2, 0) is 0 Å². The molecule has 6 nitrogen and oxygen atoms in total. The molecule has 0 heterocycles. The Morgan fingerprint density at radius 3 is 1.45 bits per heavy atom. The van der Waals surface area contributed by atoms with E-state index in [1.54, 1.807) is 39.5 Å². The summed E-state index contributed by atoms with van der Waals surface area (Å²) in [5.74, 6) is 2.46. The molecule has 0 aliphatic carbocycles. The molecular formula is C21H27BrO6Sn. The van der Waals surface area contributed by atoms with E-state index in [0.29, 0.717) is 33.0 Å². The van der Waals surface area contributed by atoms with Crippen molar-refractivity contribution >= 4 is 50.5 Å². The second-order valence-electron chi connectivity index (χ2n) is 7.01. The summed E-state index contributed by atoms with van der Waals surface area (Å²) in [5, 5.41) is 0. The molecule has 8 heteroatoms. The van der Waals surface area contributed by atoms with Gasteiger partial charge in [0.05, 0.1) is 14.2 Å². The van der Waals surface area contributed by atoms with E-state index in [4.69, 9.17) is 18.9 Å². The van der Waals surface area contributed by atoms with Gasteiger partial charge in [-0.2, -0.15) is 0 Å². The van der Waals surface area contributed by atoms with Crippen molar-refractivity contribution in [2.75, 3.05) is 28.4 Å². The maximum atomic E-state index is 11.1. The zero-order chi connectivity index (χ0) is 22.2. The van der Waals surface area contributed by atoms with Crippen molar-refractivity contribution in [3.05, 3.63) is 39.9 Å². The molecule has 0 atom stereocenters.